The van der Waals surface area contributed by atoms with Gasteiger partial charge >= 0.3 is 142 Å². The van der Waals surface area contributed by atoms with Crippen molar-refractivity contribution in [2.75, 3.05) is 13.1 Å². The van der Waals surface area contributed by atoms with Crippen LogP contribution in [0.4, 0.5) is 0 Å². The van der Waals surface area contributed by atoms with Crippen LogP contribution < -0.4 is 0 Å². The number of hydrogen-bond acceptors (Lipinski definition) is 5. The Kier molecular flexibility index (Phi) is 30.5. The molecule has 0 heterocycles. The first kappa shape index (κ1) is 35.0. The van der Waals surface area contributed by atoms with Crippen LogP contribution in [0, 0.1) is 0 Å². The molecule has 0 radical (unpaired) electrons. The van der Waals surface area contributed by atoms with Crippen molar-refractivity contribution in [3.63, 3.8) is 0 Å². The number of aliphatic carboxylic acids is 4. The average Bonchev–Trinajstić information content (AvgIpc) is 2.14. The predicted molar refractivity (Wildman–Crippen MR) is 83.7 cm³/mol. The first-order valence-corrected chi connectivity index (χ1v) is 4.86. The molecule has 0 aromatic rings. The summed E-state index contributed by atoms with van der Waals surface area (Å²) in [6.45, 7) is -1.58. The molecule has 0 aromatic heterocycles. The Hall–Kier alpha value is 1.84. The van der Waals surface area contributed by atoms with Gasteiger partial charge in [-0.3, -0.25) is 24.1 Å². The number of rotatable bonds is 9. The fourth-order valence-electron chi connectivity index (χ4n) is 1.35. The number of carboxylic acid groups (broad SMARTS) is 4. The normalized spacial score (nSPS) is 9.86. The van der Waals surface area contributed by atoms with Crippen molar-refractivity contribution in [2.24, 2.45) is 0 Å². The van der Waals surface area contributed by atoms with E-state index in [1.165, 1.54) is 0 Å². The Morgan fingerprint density at radius 3 is 1.32 bits per heavy atom. The van der Waals surface area contributed by atoms with Gasteiger partial charge in [0.05, 0.1) is 13.1 Å². The molecular formula is C9H17NNa4O8. The van der Waals surface area contributed by atoms with Crippen molar-refractivity contribution < 1.29 is 39.6 Å². The molecular weight excluding hydrogens is 342 g/mol. The predicted octanol–water partition coefficient (Wildman–Crippen LogP) is -3.82. The van der Waals surface area contributed by atoms with Gasteiger partial charge in [-0.1, -0.05) is 0 Å². The molecule has 110 valence electrons. The fraction of sp³-hybridized carbons (Fsp3) is 0.556. The molecule has 0 bridgehead atoms. The van der Waals surface area contributed by atoms with Crippen molar-refractivity contribution in [1.82, 2.24) is 4.90 Å². The SMILES string of the molecule is O=C(O)CCC(C(=O)O)N(CC(=O)O)CC(=O)O.[NaH].[NaH].[NaH].[NaH]. The number of hydrogen-bond donors (Lipinski definition) is 4. The van der Waals surface area contributed by atoms with Crippen LogP contribution in [0.15, 0.2) is 0 Å². The van der Waals surface area contributed by atoms with Gasteiger partial charge in [0.15, 0.2) is 0 Å². The van der Waals surface area contributed by atoms with Gasteiger partial charge < -0.3 is 20.4 Å². The third-order valence-corrected chi connectivity index (χ3v) is 2.03. The van der Waals surface area contributed by atoms with E-state index in [0.717, 1.165) is 0 Å². The fourth-order valence-corrected chi connectivity index (χ4v) is 1.35. The Bertz CT molecular complexity index is 352. The van der Waals surface area contributed by atoms with E-state index in [2.05, 4.69) is 0 Å². The molecule has 0 fully saturated rings. The maximum absolute atomic E-state index is 10.9. The van der Waals surface area contributed by atoms with Gasteiger partial charge in [0.25, 0.3) is 0 Å². The second-order valence-corrected chi connectivity index (χ2v) is 3.48. The van der Waals surface area contributed by atoms with E-state index in [0.29, 0.717) is 4.90 Å². The molecule has 0 aliphatic heterocycles. The van der Waals surface area contributed by atoms with Crippen molar-refractivity contribution in [1.29, 1.82) is 0 Å². The summed E-state index contributed by atoms with van der Waals surface area (Å²) < 4.78 is 0. The Labute approximate surface area is 215 Å². The quantitative estimate of drug-likeness (QED) is 0.303. The molecule has 4 N–H and O–H groups in total. The zero-order valence-corrected chi connectivity index (χ0v) is 9.27. The summed E-state index contributed by atoms with van der Waals surface area (Å²) in [7, 11) is 0. The van der Waals surface area contributed by atoms with Crippen molar-refractivity contribution in [2.45, 2.75) is 18.9 Å². The van der Waals surface area contributed by atoms with Crippen molar-refractivity contribution >= 4 is 142 Å². The van der Waals surface area contributed by atoms with Gasteiger partial charge in [-0.25, -0.2) is 0 Å². The summed E-state index contributed by atoms with van der Waals surface area (Å²) >= 11 is 0. The summed E-state index contributed by atoms with van der Waals surface area (Å²) in [6, 6.07) is -1.46. The molecule has 0 amide bonds. The van der Waals surface area contributed by atoms with Crippen LogP contribution in [0.3, 0.4) is 0 Å². The number of carboxylic acids is 4. The van der Waals surface area contributed by atoms with Crippen molar-refractivity contribution in [3.05, 3.63) is 0 Å². The van der Waals surface area contributed by atoms with Crippen LogP contribution in [0.25, 0.3) is 0 Å². The van der Waals surface area contributed by atoms with Crippen LogP contribution in [0.5, 0.6) is 0 Å². The summed E-state index contributed by atoms with van der Waals surface area (Å²) in [6.07, 6.45) is -0.863. The third kappa shape index (κ3) is 18.2. The summed E-state index contributed by atoms with van der Waals surface area (Å²) in [5, 5.41) is 34.4. The van der Waals surface area contributed by atoms with E-state index >= 15 is 0 Å². The van der Waals surface area contributed by atoms with E-state index in [1.807, 2.05) is 0 Å². The molecule has 0 aromatic carbocycles. The van der Waals surface area contributed by atoms with Crippen LogP contribution in [0.1, 0.15) is 12.8 Å². The van der Waals surface area contributed by atoms with Gasteiger partial charge in [0.1, 0.15) is 6.04 Å². The molecule has 9 nitrogen and oxygen atoms in total. The third-order valence-electron chi connectivity index (χ3n) is 2.03. The molecule has 1 unspecified atom stereocenters. The monoisotopic (exact) mass is 359 g/mol. The minimum absolute atomic E-state index is 0. The van der Waals surface area contributed by atoms with Gasteiger partial charge in [0.2, 0.25) is 0 Å². The van der Waals surface area contributed by atoms with Gasteiger partial charge in [0, 0.05) is 6.42 Å². The van der Waals surface area contributed by atoms with Crippen LogP contribution in [0.2, 0.25) is 0 Å². The Balaban J connectivity index is -0.000000241. The molecule has 22 heavy (non-hydrogen) atoms. The summed E-state index contributed by atoms with van der Waals surface area (Å²) in [5.41, 5.74) is 0. The van der Waals surface area contributed by atoms with Crippen LogP contribution in [-0.2, 0) is 19.2 Å². The molecule has 0 rings (SSSR count). The van der Waals surface area contributed by atoms with Crippen LogP contribution in [-0.4, -0.2) is 187 Å². The zero-order chi connectivity index (χ0) is 14.3. The second kappa shape index (κ2) is 19.2. The second-order valence-electron chi connectivity index (χ2n) is 3.48. The molecule has 0 spiro atoms. The maximum atomic E-state index is 10.9. The number of carbonyl (C=O) groups is 4. The molecule has 0 saturated carbocycles. The molecule has 13 heteroatoms. The van der Waals surface area contributed by atoms with E-state index in [1.54, 1.807) is 0 Å². The Morgan fingerprint density at radius 2 is 1.09 bits per heavy atom. The van der Waals surface area contributed by atoms with E-state index in [4.69, 9.17) is 20.4 Å². The minimum atomic E-state index is -1.46. The van der Waals surface area contributed by atoms with E-state index in [-0.39, 0.29) is 125 Å². The van der Waals surface area contributed by atoms with E-state index < -0.39 is 49.4 Å². The first-order chi connectivity index (χ1) is 8.23. The Morgan fingerprint density at radius 1 is 0.727 bits per heavy atom. The van der Waals surface area contributed by atoms with Gasteiger partial charge in [-0.2, -0.15) is 0 Å². The molecule has 0 saturated heterocycles. The summed E-state index contributed by atoms with van der Waals surface area (Å²) in [4.78, 5) is 43.0. The van der Waals surface area contributed by atoms with Crippen LogP contribution >= 0.6 is 0 Å². The van der Waals surface area contributed by atoms with E-state index in [9.17, 15) is 19.2 Å². The zero-order valence-electron chi connectivity index (χ0n) is 9.27. The first-order valence-electron chi connectivity index (χ1n) is 4.86. The van der Waals surface area contributed by atoms with Crippen molar-refractivity contribution in [3.8, 4) is 0 Å². The van der Waals surface area contributed by atoms with Gasteiger partial charge in [-0.05, 0) is 6.42 Å². The topological polar surface area (TPSA) is 152 Å². The molecule has 1 atom stereocenters. The summed E-state index contributed by atoms with van der Waals surface area (Å²) in [5.74, 6) is -5.48. The van der Waals surface area contributed by atoms with Gasteiger partial charge in [-0.15, -0.1) is 0 Å². The molecule has 0 aliphatic rings. The number of nitrogens with zero attached hydrogens (tertiary/aromatic N) is 1. The standard InChI is InChI=1S/C9H13NO8.4Na.4H/c11-6(12)2-1-5(9(17)18)10(3-7(13)14)4-8(15)16;;;;;;;;/h5H,1-4H2,(H,11,12)(H,13,14)(H,15,16)(H,17,18);;;;;;;;. The molecule has 0 aliphatic carbocycles. The average molecular weight is 359 g/mol.